The number of allylic oxidation sites excluding steroid dienone is 1. The lowest BCUT2D eigenvalue weighted by molar-refractivity contribution is -0.115. The highest BCUT2D eigenvalue weighted by Gasteiger charge is 2.25. The molecule has 1 saturated heterocycles. The number of carbonyl (C=O) groups excluding carboxylic acids is 2. The van der Waals surface area contributed by atoms with Gasteiger partial charge < -0.3 is 4.74 Å². The molecule has 1 aliphatic rings. The number of hydrogen-bond acceptors (Lipinski definition) is 6. The van der Waals surface area contributed by atoms with Crippen LogP contribution < -0.4 is 10.1 Å². The van der Waals surface area contributed by atoms with Crippen LogP contribution in [-0.4, -0.2) is 29.1 Å². The second-order valence-corrected chi connectivity index (χ2v) is 7.05. The molecule has 1 N–H and O–H groups in total. The molecule has 0 aromatic heterocycles. The lowest BCUT2D eigenvalue weighted by Crippen LogP contribution is -2.17. The molecule has 0 aliphatic carbocycles. The van der Waals surface area contributed by atoms with Gasteiger partial charge in [-0.3, -0.25) is 19.9 Å². The molecule has 0 bridgehead atoms. The monoisotopic (exact) mass is 382 g/mol. The highest BCUT2D eigenvalue weighted by molar-refractivity contribution is 8.18. The van der Waals surface area contributed by atoms with Crippen molar-refractivity contribution in [3.63, 3.8) is 0 Å². The van der Waals surface area contributed by atoms with Crippen LogP contribution in [0.5, 0.6) is 5.75 Å². The zero-order valence-corrected chi connectivity index (χ0v) is 15.3. The minimum Gasteiger partial charge on any atom is -0.491 e. The van der Waals surface area contributed by atoms with Crippen molar-refractivity contribution in [1.82, 2.24) is 5.32 Å². The first-order valence-corrected chi connectivity index (χ1v) is 9.17. The maximum Gasteiger partial charge on any atom is 0.290 e. The molecule has 1 aliphatic heterocycles. The van der Waals surface area contributed by atoms with Gasteiger partial charge in [0.25, 0.3) is 11.1 Å². The number of rotatable bonds is 7. The van der Waals surface area contributed by atoms with E-state index in [0.29, 0.717) is 33.6 Å². The number of benzene rings is 1. The van der Waals surface area contributed by atoms with E-state index in [0.717, 1.165) is 17.5 Å². The fraction of sp³-hybridized carbons (Fsp3) is 0.188. The summed E-state index contributed by atoms with van der Waals surface area (Å²) >= 11 is 8.67. The van der Waals surface area contributed by atoms with Crippen molar-refractivity contribution >= 4 is 57.9 Å². The Morgan fingerprint density at radius 3 is 2.96 bits per heavy atom. The Kier molecular flexibility index (Phi) is 6.96. The number of nitrogens with zero attached hydrogens (tertiary/aromatic N) is 1. The highest BCUT2D eigenvalue weighted by atomic mass is 35.5. The minimum absolute atomic E-state index is 0.311. The molecule has 2 amide bonds. The third-order valence-corrected chi connectivity index (χ3v) is 4.60. The molecule has 0 saturated carbocycles. The van der Waals surface area contributed by atoms with Crippen molar-refractivity contribution in [2.45, 2.75) is 6.92 Å². The Hall–Kier alpha value is -1.70. The van der Waals surface area contributed by atoms with E-state index in [1.807, 2.05) is 6.92 Å². The second kappa shape index (κ2) is 8.96. The Balaban J connectivity index is 1.98. The fourth-order valence-electron chi connectivity index (χ4n) is 1.69. The van der Waals surface area contributed by atoms with Crippen LogP contribution in [0, 0.1) is 0 Å². The Bertz CT molecular complexity index is 732. The Labute approximate surface area is 153 Å². The van der Waals surface area contributed by atoms with Crippen molar-refractivity contribution < 1.29 is 14.3 Å². The van der Waals surface area contributed by atoms with Crippen LogP contribution in [0.4, 0.5) is 4.79 Å². The van der Waals surface area contributed by atoms with E-state index in [1.54, 1.807) is 29.8 Å². The summed E-state index contributed by atoms with van der Waals surface area (Å²) in [7, 11) is 0. The van der Waals surface area contributed by atoms with Crippen LogP contribution >= 0.6 is 35.1 Å². The summed E-state index contributed by atoms with van der Waals surface area (Å²) in [6.45, 7) is 5.96. The van der Waals surface area contributed by atoms with Crippen LogP contribution in [0.3, 0.4) is 0 Å². The average Bonchev–Trinajstić information content (AvgIpc) is 2.83. The number of hydrogen-bond donors (Lipinski definition) is 1. The van der Waals surface area contributed by atoms with E-state index in [2.05, 4.69) is 16.9 Å². The normalized spacial score (nSPS) is 16.0. The van der Waals surface area contributed by atoms with Gasteiger partial charge in [-0.1, -0.05) is 30.3 Å². The maximum atomic E-state index is 11.6. The van der Waals surface area contributed by atoms with Gasteiger partial charge in [-0.05, 0) is 36.4 Å². The summed E-state index contributed by atoms with van der Waals surface area (Å²) in [6.07, 6.45) is 1.58. The molecular weight excluding hydrogens is 368 g/mol. The predicted octanol–water partition coefficient (Wildman–Crippen LogP) is 4.34. The lowest BCUT2D eigenvalue weighted by Gasteiger charge is -2.09. The average molecular weight is 383 g/mol. The number of imide groups is 1. The lowest BCUT2D eigenvalue weighted by atomic mass is 10.2. The molecule has 1 aromatic carbocycles. The summed E-state index contributed by atoms with van der Waals surface area (Å²) in [6, 6.07) is 5.29. The smallest absolute Gasteiger partial charge is 0.290 e. The third kappa shape index (κ3) is 5.43. The molecule has 5 nitrogen and oxygen atoms in total. The van der Waals surface area contributed by atoms with Crippen molar-refractivity contribution in [3.8, 4) is 5.75 Å². The first-order valence-electron chi connectivity index (χ1n) is 6.93. The van der Waals surface area contributed by atoms with Gasteiger partial charge in [0.1, 0.15) is 5.75 Å². The maximum absolute atomic E-state index is 11.6. The number of thioether (sulfide) groups is 2. The van der Waals surface area contributed by atoms with Crippen LogP contribution in [0.1, 0.15) is 12.5 Å². The highest BCUT2D eigenvalue weighted by Crippen LogP contribution is 2.33. The molecule has 1 aromatic rings. The van der Waals surface area contributed by atoms with Crippen LogP contribution in [0.25, 0.3) is 6.08 Å². The van der Waals surface area contributed by atoms with Gasteiger partial charge in [0.2, 0.25) is 0 Å². The van der Waals surface area contributed by atoms with E-state index in [-0.39, 0.29) is 5.24 Å². The molecule has 0 spiro atoms. The van der Waals surface area contributed by atoms with E-state index in [9.17, 15) is 9.59 Å². The Morgan fingerprint density at radius 1 is 1.50 bits per heavy atom. The van der Waals surface area contributed by atoms with Crippen LogP contribution in [0.15, 0.2) is 40.4 Å². The minimum atomic E-state index is -0.416. The topological polar surface area (TPSA) is 67.8 Å². The standard InChI is InChI=1S/C16H15ClN2O3S2/c1-10(2)18-9-23-7-6-22-12-5-3-4-11(14(12)17)8-13-15(20)19-16(21)24-13/h3-5,8-9H,1,6-7H2,2H3,(H,19,20,21)/b13-8-,18-9?. The van der Waals surface area contributed by atoms with E-state index >= 15 is 0 Å². The van der Waals surface area contributed by atoms with Crippen molar-refractivity contribution in [1.29, 1.82) is 0 Å². The first kappa shape index (κ1) is 18.6. The predicted molar refractivity (Wildman–Crippen MR) is 102 cm³/mol. The Morgan fingerprint density at radius 2 is 2.29 bits per heavy atom. The van der Waals surface area contributed by atoms with Crippen molar-refractivity contribution in [3.05, 3.63) is 46.0 Å². The van der Waals surface area contributed by atoms with Crippen LogP contribution in [-0.2, 0) is 4.79 Å². The van der Waals surface area contributed by atoms with Gasteiger partial charge in [0.15, 0.2) is 0 Å². The van der Waals surface area contributed by atoms with Crippen molar-refractivity contribution in [2.75, 3.05) is 12.4 Å². The molecule has 126 valence electrons. The second-order valence-electron chi connectivity index (χ2n) is 4.70. The molecular formula is C16H15ClN2O3S2. The fourth-order valence-corrected chi connectivity index (χ4v) is 3.14. The molecule has 0 atom stereocenters. The van der Waals surface area contributed by atoms with Gasteiger partial charge in [-0.15, -0.1) is 11.8 Å². The van der Waals surface area contributed by atoms with E-state index in [1.165, 1.54) is 11.8 Å². The molecule has 2 rings (SSSR count). The van der Waals surface area contributed by atoms with Crippen molar-refractivity contribution in [2.24, 2.45) is 4.99 Å². The molecule has 24 heavy (non-hydrogen) atoms. The molecule has 1 fully saturated rings. The summed E-state index contributed by atoms with van der Waals surface area (Å²) in [5.41, 5.74) is 3.10. The quantitative estimate of drug-likeness (QED) is 0.329. The van der Waals surface area contributed by atoms with Gasteiger partial charge in [-0.25, -0.2) is 0 Å². The van der Waals surface area contributed by atoms with Gasteiger partial charge in [0.05, 0.1) is 22.1 Å². The largest absolute Gasteiger partial charge is 0.491 e. The molecule has 8 heteroatoms. The molecule has 0 radical (unpaired) electrons. The molecule has 1 heterocycles. The SMILES string of the molecule is C=C(C)N=CSCCOc1cccc(/C=C2\SC(=O)NC2=O)c1Cl. The van der Waals surface area contributed by atoms with Crippen LogP contribution in [0.2, 0.25) is 5.02 Å². The first-order chi connectivity index (χ1) is 11.5. The van der Waals surface area contributed by atoms with Gasteiger partial charge in [0, 0.05) is 11.4 Å². The number of halogens is 1. The van der Waals surface area contributed by atoms with E-state index in [4.69, 9.17) is 16.3 Å². The van der Waals surface area contributed by atoms with Gasteiger partial charge in [-0.2, -0.15) is 0 Å². The summed E-state index contributed by atoms with van der Waals surface area (Å²) in [5, 5.41) is 2.22. The summed E-state index contributed by atoms with van der Waals surface area (Å²) in [5.74, 6) is 0.823. The zero-order valence-electron chi connectivity index (χ0n) is 12.9. The number of carbonyl (C=O) groups is 2. The summed E-state index contributed by atoms with van der Waals surface area (Å²) < 4.78 is 5.66. The van der Waals surface area contributed by atoms with E-state index < -0.39 is 5.91 Å². The number of ether oxygens (including phenoxy) is 1. The zero-order chi connectivity index (χ0) is 17.5. The third-order valence-electron chi connectivity index (χ3n) is 2.73. The number of aliphatic imine (C=N–C) groups is 1. The number of nitrogens with one attached hydrogen (secondary N) is 1. The number of amides is 2. The molecule has 0 unspecified atom stereocenters. The van der Waals surface area contributed by atoms with Gasteiger partial charge >= 0.3 is 0 Å². The summed E-state index contributed by atoms with van der Waals surface area (Å²) in [4.78, 5) is 27.1.